The second-order valence-corrected chi connectivity index (χ2v) is 4.35. The number of hydrogen-bond donors (Lipinski definition) is 0. The summed E-state index contributed by atoms with van der Waals surface area (Å²) in [4.78, 5) is 6.57. The van der Waals surface area contributed by atoms with Gasteiger partial charge in [-0.1, -0.05) is 23.3 Å². The van der Waals surface area contributed by atoms with Crippen LogP contribution in [0.15, 0.2) is 46.8 Å². The minimum atomic E-state index is 0.0669. The van der Waals surface area contributed by atoms with Gasteiger partial charge >= 0.3 is 0 Å². The van der Waals surface area contributed by atoms with E-state index >= 15 is 0 Å². The van der Waals surface area contributed by atoms with Crippen LogP contribution in [0.3, 0.4) is 0 Å². The van der Waals surface area contributed by atoms with Crippen LogP contribution in [0.1, 0.15) is 0 Å². The highest BCUT2D eigenvalue weighted by Gasteiger charge is 2.28. The summed E-state index contributed by atoms with van der Waals surface area (Å²) in [5.74, 6) is 0.583. The SMILES string of the molecule is N#CC(C#N)=C1N(CCN=[N+]=[N-])CCN1c1ccccc1. The molecule has 1 saturated heterocycles. The highest BCUT2D eigenvalue weighted by Crippen LogP contribution is 2.28. The normalized spacial score (nSPS) is 13.3. The molecule has 1 aliphatic heterocycles. The topological polar surface area (TPSA) is 103 Å². The van der Waals surface area contributed by atoms with Crippen LogP contribution in [0, 0.1) is 22.7 Å². The predicted octanol–water partition coefficient (Wildman–Crippen LogP) is 2.38. The lowest BCUT2D eigenvalue weighted by Gasteiger charge is -2.24. The molecule has 7 heteroatoms. The molecule has 0 aliphatic carbocycles. The Morgan fingerprint density at radius 1 is 1.24 bits per heavy atom. The minimum absolute atomic E-state index is 0.0669. The maximum atomic E-state index is 9.17. The number of benzene rings is 1. The van der Waals surface area contributed by atoms with Gasteiger partial charge in [0, 0.05) is 36.8 Å². The molecule has 0 atom stereocenters. The van der Waals surface area contributed by atoms with E-state index in [1.165, 1.54) is 0 Å². The van der Waals surface area contributed by atoms with Crippen molar-refractivity contribution >= 4 is 5.69 Å². The summed E-state index contributed by atoms with van der Waals surface area (Å²) in [7, 11) is 0. The van der Waals surface area contributed by atoms with Gasteiger partial charge in [-0.25, -0.2) is 0 Å². The lowest BCUT2D eigenvalue weighted by atomic mass is 10.2. The van der Waals surface area contributed by atoms with Gasteiger partial charge in [0.1, 0.15) is 18.0 Å². The molecule has 0 bridgehead atoms. The molecule has 0 radical (unpaired) electrons. The van der Waals surface area contributed by atoms with Crippen molar-refractivity contribution in [2.45, 2.75) is 0 Å². The van der Waals surface area contributed by atoms with Gasteiger partial charge in [0.15, 0.2) is 5.57 Å². The van der Waals surface area contributed by atoms with Crippen molar-refractivity contribution in [1.29, 1.82) is 10.5 Å². The van der Waals surface area contributed by atoms with E-state index in [2.05, 4.69) is 10.0 Å². The van der Waals surface area contributed by atoms with Crippen LogP contribution in [0.2, 0.25) is 0 Å². The van der Waals surface area contributed by atoms with Crippen LogP contribution in [-0.4, -0.2) is 31.1 Å². The molecule has 1 fully saturated rings. The number of anilines is 1. The molecule has 1 aromatic rings. The average molecular weight is 279 g/mol. The highest BCUT2D eigenvalue weighted by atomic mass is 15.4. The Kier molecular flexibility index (Phi) is 4.66. The second-order valence-electron chi connectivity index (χ2n) is 4.35. The highest BCUT2D eigenvalue weighted by molar-refractivity contribution is 5.58. The van der Waals surface area contributed by atoms with Gasteiger partial charge in [-0.2, -0.15) is 10.5 Å². The van der Waals surface area contributed by atoms with Crippen molar-refractivity contribution in [2.75, 3.05) is 31.1 Å². The number of allylic oxidation sites excluding steroid dienone is 1. The minimum Gasteiger partial charge on any atom is -0.354 e. The fourth-order valence-electron chi connectivity index (χ4n) is 2.31. The summed E-state index contributed by atoms with van der Waals surface area (Å²) in [6, 6.07) is 13.5. The maximum Gasteiger partial charge on any atom is 0.170 e. The van der Waals surface area contributed by atoms with E-state index in [1.54, 1.807) is 0 Å². The van der Waals surface area contributed by atoms with Crippen molar-refractivity contribution in [2.24, 2.45) is 5.11 Å². The zero-order chi connectivity index (χ0) is 15.1. The van der Waals surface area contributed by atoms with Crippen LogP contribution in [0.25, 0.3) is 10.4 Å². The van der Waals surface area contributed by atoms with Crippen LogP contribution in [-0.2, 0) is 0 Å². The molecular weight excluding hydrogens is 266 g/mol. The molecule has 1 heterocycles. The van der Waals surface area contributed by atoms with E-state index < -0.39 is 0 Å². The van der Waals surface area contributed by atoms with Crippen LogP contribution < -0.4 is 4.90 Å². The fourth-order valence-corrected chi connectivity index (χ4v) is 2.31. The number of hydrogen-bond acceptors (Lipinski definition) is 5. The molecule has 1 aliphatic rings. The monoisotopic (exact) mass is 279 g/mol. The quantitative estimate of drug-likeness (QED) is 0.365. The lowest BCUT2D eigenvalue weighted by Crippen LogP contribution is -2.26. The van der Waals surface area contributed by atoms with Crippen LogP contribution in [0.4, 0.5) is 5.69 Å². The third-order valence-electron chi connectivity index (χ3n) is 3.20. The van der Waals surface area contributed by atoms with E-state index in [0.29, 0.717) is 32.0 Å². The van der Waals surface area contributed by atoms with E-state index in [4.69, 9.17) is 5.53 Å². The number of nitriles is 2. The lowest BCUT2D eigenvalue weighted by molar-refractivity contribution is 0.406. The Balaban J connectivity index is 2.36. The molecule has 104 valence electrons. The summed E-state index contributed by atoms with van der Waals surface area (Å²) in [5.41, 5.74) is 9.35. The smallest absolute Gasteiger partial charge is 0.170 e. The Hall–Kier alpha value is -3.15. The van der Waals surface area contributed by atoms with E-state index in [9.17, 15) is 10.5 Å². The van der Waals surface area contributed by atoms with Crippen molar-refractivity contribution in [3.63, 3.8) is 0 Å². The summed E-state index contributed by atoms with van der Waals surface area (Å²) in [6.07, 6.45) is 0. The van der Waals surface area contributed by atoms with Crippen molar-refractivity contribution < 1.29 is 0 Å². The van der Waals surface area contributed by atoms with Gasteiger partial charge in [0.05, 0.1) is 0 Å². The largest absolute Gasteiger partial charge is 0.354 e. The van der Waals surface area contributed by atoms with Gasteiger partial charge < -0.3 is 9.80 Å². The van der Waals surface area contributed by atoms with E-state index in [1.807, 2.05) is 52.3 Å². The van der Waals surface area contributed by atoms with Gasteiger partial charge in [-0.3, -0.25) is 0 Å². The fraction of sp³-hybridized carbons (Fsp3) is 0.286. The molecule has 0 amide bonds. The molecule has 0 aromatic heterocycles. The van der Waals surface area contributed by atoms with Crippen LogP contribution >= 0.6 is 0 Å². The Labute approximate surface area is 122 Å². The molecule has 0 spiro atoms. The third kappa shape index (κ3) is 3.06. The first-order valence-corrected chi connectivity index (χ1v) is 6.44. The Morgan fingerprint density at radius 2 is 1.95 bits per heavy atom. The molecule has 0 N–H and O–H groups in total. The summed E-state index contributed by atoms with van der Waals surface area (Å²) in [6.45, 7) is 2.14. The van der Waals surface area contributed by atoms with Crippen molar-refractivity contribution in [3.8, 4) is 12.1 Å². The zero-order valence-corrected chi connectivity index (χ0v) is 11.3. The third-order valence-corrected chi connectivity index (χ3v) is 3.20. The van der Waals surface area contributed by atoms with Crippen LogP contribution in [0.5, 0.6) is 0 Å². The Morgan fingerprint density at radius 3 is 2.57 bits per heavy atom. The number of rotatable bonds is 4. The van der Waals surface area contributed by atoms with Gasteiger partial charge in [0.25, 0.3) is 0 Å². The van der Waals surface area contributed by atoms with Crippen molar-refractivity contribution in [3.05, 3.63) is 52.2 Å². The van der Waals surface area contributed by atoms with Gasteiger partial charge in [0.2, 0.25) is 0 Å². The zero-order valence-electron chi connectivity index (χ0n) is 11.3. The number of nitrogens with zero attached hydrogens (tertiary/aromatic N) is 7. The van der Waals surface area contributed by atoms with E-state index in [-0.39, 0.29) is 5.57 Å². The number of para-hydroxylation sites is 1. The maximum absolute atomic E-state index is 9.17. The molecular formula is C14H13N7. The van der Waals surface area contributed by atoms with Crippen molar-refractivity contribution in [1.82, 2.24) is 4.90 Å². The first-order chi connectivity index (χ1) is 10.3. The summed E-state index contributed by atoms with van der Waals surface area (Å²) >= 11 is 0. The molecule has 21 heavy (non-hydrogen) atoms. The summed E-state index contributed by atoms with van der Waals surface area (Å²) < 4.78 is 0. The standard InChI is InChI=1S/C14H13N7/c15-10-12(11-16)14-20(7-6-18-19-17)8-9-21(14)13-4-2-1-3-5-13/h1-5H,6-9H2. The van der Waals surface area contributed by atoms with Gasteiger partial charge in [-0.15, -0.1) is 0 Å². The molecule has 1 aromatic carbocycles. The van der Waals surface area contributed by atoms with E-state index in [0.717, 1.165) is 5.69 Å². The molecule has 0 unspecified atom stereocenters. The predicted molar refractivity (Wildman–Crippen MR) is 77.6 cm³/mol. The molecule has 2 rings (SSSR count). The first kappa shape index (κ1) is 14.3. The second kappa shape index (κ2) is 6.85. The molecule has 0 saturated carbocycles. The Bertz CT molecular complexity index is 643. The summed E-state index contributed by atoms with van der Waals surface area (Å²) in [5, 5.41) is 21.9. The number of azide groups is 1. The average Bonchev–Trinajstić information content (AvgIpc) is 2.94. The molecule has 7 nitrogen and oxygen atoms in total. The first-order valence-electron chi connectivity index (χ1n) is 6.44. The van der Waals surface area contributed by atoms with Gasteiger partial charge in [-0.05, 0) is 17.7 Å².